The number of nitrogens with zero attached hydrogens (tertiary/aromatic N) is 4. The number of hydrogen-bond acceptors (Lipinski definition) is 16. The van der Waals surface area contributed by atoms with Crippen molar-refractivity contribution in [3.63, 3.8) is 0 Å². The molecule has 4 aromatic carbocycles. The van der Waals surface area contributed by atoms with Crippen LogP contribution in [0.3, 0.4) is 0 Å². The van der Waals surface area contributed by atoms with E-state index >= 15 is 0 Å². The fraction of sp³-hybridized carbons (Fsp3) is 0. The van der Waals surface area contributed by atoms with Crippen LogP contribution in [0.1, 0.15) is 52.6 Å². The number of carboxylic acid groups (broad SMARTS) is 4. The first kappa shape index (κ1) is 55.1. The molecule has 0 atom stereocenters. The van der Waals surface area contributed by atoms with Crippen LogP contribution in [0, 0.1) is 0 Å². The Balaban J connectivity index is 0.000000236. The Morgan fingerprint density at radius 2 is 0.800 bits per heavy atom. The quantitative estimate of drug-likeness (QED) is 0.0688. The van der Waals surface area contributed by atoms with E-state index in [9.17, 15) is 55.3 Å². The molecule has 0 fully saturated rings. The van der Waals surface area contributed by atoms with Gasteiger partial charge in [-0.05, 0) is 120 Å². The van der Waals surface area contributed by atoms with Gasteiger partial charge in [-0.1, -0.05) is 12.2 Å². The number of pyridine rings is 4. The van der Waals surface area contributed by atoms with Gasteiger partial charge in [0, 0.05) is 48.0 Å². The molecule has 0 saturated carbocycles. The molecule has 4 aromatic heterocycles. The molecule has 0 saturated heterocycles. The second-order valence-corrected chi connectivity index (χ2v) is 16.3. The summed E-state index contributed by atoms with van der Waals surface area (Å²) in [7, 11) is -9.48. The van der Waals surface area contributed by atoms with Crippen LogP contribution in [0.4, 0.5) is 0 Å². The summed E-state index contributed by atoms with van der Waals surface area (Å²) < 4.78 is 79.5. The number of carboxylic acids is 4. The molecule has 4 N–H and O–H groups in total. The molecule has 8 rings (SSSR count). The molecule has 0 aliphatic heterocycles. The first-order valence-electron chi connectivity index (χ1n) is 19.0. The van der Waals surface area contributed by atoms with Gasteiger partial charge >= 0.3 is 68.6 Å². The van der Waals surface area contributed by atoms with E-state index in [1.54, 1.807) is 24.8 Å². The van der Waals surface area contributed by atoms with Crippen molar-refractivity contribution in [2.75, 3.05) is 0 Å². The van der Waals surface area contributed by atoms with Gasteiger partial charge in [-0.25, -0.2) is 36.0 Å². The molecule has 0 amide bonds. The van der Waals surface area contributed by atoms with Gasteiger partial charge in [-0.15, -0.1) is 0 Å². The summed E-state index contributed by atoms with van der Waals surface area (Å²) in [5.41, 5.74) is 0.680. The van der Waals surface area contributed by atoms with Crippen molar-refractivity contribution in [3.05, 3.63) is 180 Å². The molecule has 70 heavy (non-hydrogen) atoms. The van der Waals surface area contributed by atoms with Crippen molar-refractivity contribution in [2.24, 2.45) is 0 Å². The second kappa shape index (κ2) is 24.2. The molecule has 24 heteroatoms. The molecule has 0 spiro atoms. The standard InChI is InChI=1S/2C17H11NO8S.C12H10N2.2Ag/c2*19-16(20)10-4-3-9(8-12(10)17(21)22)26-13-5-6-14(27(23,24)25)11-2-1-7-18-15(11)13;1(11-3-7-13-8-4-11)2-12-5-9-14-10-6-12;;/h2*1-8H,(H,19,20)(H,21,22)(H,23,24,25);1-10H;;/q;;;2*+1/p-2/b;;2-1+;;. The van der Waals surface area contributed by atoms with Crippen LogP contribution in [0.15, 0.2) is 156 Å². The van der Waals surface area contributed by atoms with E-state index in [0.29, 0.717) is 0 Å². The summed E-state index contributed by atoms with van der Waals surface area (Å²) in [6.45, 7) is 0. The maximum absolute atomic E-state index is 11.4. The van der Waals surface area contributed by atoms with Crippen LogP contribution in [0.5, 0.6) is 23.0 Å². The van der Waals surface area contributed by atoms with E-state index in [-0.39, 0.29) is 89.6 Å². The fourth-order valence-corrected chi connectivity index (χ4v) is 7.48. The maximum atomic E-state index is 11.4. The Morgan fingerprint density at radius 3 is 1.11 bits per heavy atom. The predicted octanol–water partition coefficient (Wildman–Crippen LogP) is 7.30. The van der Waals surface area contributed by atoms with E-state index in [1.807, 2.05) is 24.3 Å². The van der Waals surface area contributed by atoms with Gasteiger partial charge in [0.1, 0.15) is 42.8 Å². The Kier molecular flexibility index (Phi) is 19.0. The molecule has 0 radical (unpaired) electrons. The summed E-state index contributed by atoms with van der Waals surface area (Å²) in [5, 5.41) is 36.5. The number of hydrogen-bond donors (Lipinski definition) is 4. The zero-order valence-corrected chi connectivity index (χ0v) is 39.5. The number of aromatic nitrogens is 4. The average Bonchev–Trinajstić information content (AvgIpc) is 3.31. The largest absolute Gasteiger partial charge is 1.00 e. The Hall–Kier alpha value is -7.48. The number of carbonyl (C=O) groups is 4. The predicted molar refractivity (Wildman–Crippen MR) is 238 cm³/mol. The molecule has 4 heterocycles. The van der Waals surface area contributed by atoms with Crippen molar-refractivity contribution in [3.8, 4) is 23.0 Å². The van der Waals surface area contributed by atoms with Gasteiger partial charge < -0.3 is 39.0 Å². The van der Waals surface area contributed by atoms with Crippen LogP contribution in [-0.2, 0) is 65.0 Å². The summed E-state index contributed by atoms with van der Waals surface area (Å²) in [4.78, 5) is 59.7. The number of aromatic carboxylic acids is 4. The normalized spacial score (nSPS) is 10.8. The van der Waals surface area contributed by atoms with Crippen molar-refractivity contribution >= 4 is 78.1 Å². The second-order valence-electron chi connectivity index (χ2n) is 13.6. The molecule has 0 bridgehead atoms. The smallest absolute Gasteiger partial charge is 0.744 e. The third-order valence-corrected chi connectivity index (χ3v) is 11.0. The van der Waals surface area contributed by atoms with Crippen molar-refractivity contribution in [2.45, 2.75) is 9.79 Å². The maximum Gasteiger partial charge on any atom is 1.00 e. The van der Waals surface area contributed by atoms with Gasteiger partial charge in [0.2, 0.25) is 0 Å². The minimum absolute atomic E-state index is 0. The van der Waals surface area contributed by atoms with Crippen LogP contribution >= 0.6 is 0 Å². The van der Waals surface area contributed by atoms with Crippen LogP contribution < -0.4 is 9.47 Å². The van der Waals surface area contributed by atoms with Gasteiger partial charge in [0.15, 0.2) is 11.5 Å². The van der Waals surface area contributed by atoms with Crippen LogP contribution in [0.2, 0.25) is 0 Å². The molecule has 0 aliphatic rings. The molecule has 20 nitrogen and oxygen atoms in total. The van der Waals surface area contributed by atoms with E-state index in [1.165, 1.54) is 60.9 Å². The third kappa shape index (κ3) is 14.1. The molecular weight excluding hydrogens is 1140 g/mol. The van der Waals surface area contributed by atoms with E-state index in [2.05, 4.69) is 32.1 Å². The summed E-state index contributed by atoms with van der Waals surface area (Å²) >= 11 is 0. The Labute approximate surface area is 427 Å². The van der Waals surface area contributed by atoms with Gasteiger partial charge in [0.05, 0.1) is 32.0 Å². The topological polar surface area (TPSA) is 334 Å². The number of rotatable bonds is 12. The average molecular weight is 1170 g/mol. The first-order valence-corrected chi connectivity index (χ1v) is 21.9. The number of fused-ring (bicyclic) bond motifs is 2. The molecule has 364 valence electrons. The van der Waals surface area contributed by atoms with Crippen molar-refractivity contribution < 1.29 is 120 Å². The van der Waals surface area contributed by atoms with Crippen molar-refractivity contribution in [1.29, 1.82) is 0 Å². The molecule has 0 aliphatic carbocycles. The molecule has 8 aromatic rings. The third-order valence-electron chi connectivity index (χ3n) is 9.16. The molecule has 0 unspecified atom stereocenters. The monoisotopic (exact) mass is 1170 g/mol. The minimum atomic E-state index is -4.74. The summed E-state index contributed by atoms with van der Waals surface area (Å²) in [6.07, 6.45) is 14.0. The minimum Gasteiger partial charge on any atom is -0.744 e. The van der Waals surface area contributed by atoms with Crippen LogP contribution in [0.25, 0.3) is 34.0 Å². The zero-order chi connectivity index (χ0) is 49.2. The van der Waals surface area contributed by atoms with Gasteiger partial charge in [-0.3, -0.25) is 19.9 Å². The fourth-order valence-electron chi connectivity index (χ4n) is 6.14. The summed E-state index contributed by atoms with van der Waals surface area (Å²) in [5.74, 6) is -5.58. The first-order chi connectivity index (χ1) is 32.3. The Morgan fingerprint density at radius 1 is 0.457 bits per heavy atom. The summed E-state index contributed by atoms with van der Waals surface area (Å²) in [6, 6.07) is 24.8. The van der Waals surface area contributed by atoms with Gasteiger partial charge in [0.25, 0.3) is 0 Å². The van der Waals surface area contributed by atoms with Gasteiger partial charge in [-0.2, -0.15) is 0 Å². The van der Waals surface area contributed by atoms with E-state index in [4.69, 9.17) is 19.7 Å². The van der Waals surface area contributed by atoms with Crippen molar-refractivity contribution in [1.82, 2.24) is 19.9 Å². The Bertz CT molecular complexity index is 3270. The number of benzene rings is 4. The van der Waals surface area contributed by atoms with Crippen LogP contribution in [-0.4, -0.2) is 90.2 Å². The number of ether oxygens (including phenoxy) is 2. The van der Waals surface area contributed by atoms with E-state index in [0.717, 1.165) is 47.5 Å². The zero-order valence-electron chi connectivity index (χ0n) is 34.9. The van der Waals surface area contributed by atoms with E-state index < -0.39 is 76.2 Å². The SMILES string of the molecule is C(=C\c1ccncc1)/c1ccncc1.O=C(O)c1ccc(Oc2ccc(S(=O)(=O)[O-])c3cccnc23)cc1C(=O)O.O=C(O)c1ccc(Oc2ccc(S(=O)(=O)[O-])c3cccnc23)cc1C(=O)O.[Ag+].[Ag+]. The molecular formula is C46H30Ag2N4O16S2.